The standard InChI is InChI=1S/C15H21N3O2/c1-17(2)11-9-16-14(19)15(20)18-10-5-7-12-6-3-4-8-13(12)18/h3-4,6,8H,5,7,9-11H2,1-2H3,(H,16,19). The minimum absolute atomic E-state index is 0.462. The van der Waals surface area contributed by atoms with Crippen LogP contribution < -0.4 is 10.2 Å². The maximum absolute atomic E-state index is 12.2. The van der Waals surface area contributed by atoms with Crippen molar-refractivity contribution in [1.82, 2.24) is 10.2 Å². The number of nitrogens with zero attached hydrogens (tertiary/aromatic N) is 2. The van der Waals surface area contributed by atoms with E-state index in [4.69, 9.17) is 0 Å². The summed E-state index contributed by atoms with van der Waals surface area (Å²) in [4.78, 5) is 27.7. The number of hydrogen-bond donors (Lipinski definition) is 1. The first-order valence-corrected chi connectivity index (χ1v) is 6.92. The zero-order chi connectivity index (χ0) is 14.5. The van der Waals surface area contributed by atoms with Gasteiger partial charge in [-0.05, 0) is 38.6 Å². The molecule has 5 heteroatoms. The lowest BCUT2D eigenvalue weighted by Crippen LogP contribution is -2.46. The van der Waals surface area contributed by atoms with Crippen molar-refractivity contribution in [2.75, 3.05) is 38.6 Å². The molecule has 0 unspecified atom stereocenters. The lowest BCUT2D eigenvalue weighted by Gasteiger charge is -2.28. The minimum Gasteiger partial charge on any atom is -0.347 e. The van der Waals surface area contributed by atoms with Gasteiger partial charge in [0.15, 0.2) is 0 Å². The molecule has 0 fully saturated rings. The lowest BCUT2D eigenvalue weighted by atomic mass is 10.0. The van der Waals surface area contributed by atoms with Crippen LogP contribution in [0.4, 0.5) is 5.69 Å². The first kappa shape index (κ1) is 14.5. The molecular formula is C15H21N3O2. The van der Waals surface area contributed by atoms with Gasteiger partial charge in [-0.15, -0.1) is 0 Å². The number of likely N-dealkylation sites (N-methyl/N-ethyl adjacent to an activating group) is 1. The second-order valence-corrected chi connectivity index (χ2v) is 5.25. The van der Waals surface area contributed by atoms with Crippen LogP contribution in [0.1, 0.15) is 12.0 Å². The van der Waals surface area contributed by atoms with Gasteiger partial charge in [-0.2, -0.15) is 0 Å². The van der Waals surface area contributed by atoms with Crippen molar-refractivity contribution >= 4 is 17.5 Å². The average Bonchev–Trinajstić information content (AvgIpc) is 2.45. The van der Waals surface area contributed by atoms with Gasteiger partial charge in [0, 0.05) is 25.3 Å². The number of carbonyl (C=O) groups excluding carboxylic acids is 2. The molecule has 0 atom stereocenters. The Morgan fingerprint density at radius 2 is 2.05 bits per heavy atom. The lowest BCUT2D eigenvalue weighted by molar-refractivity contribution is -0.137. The third-order valence-corrected chi connectivity index (χ3v) is 3.39. The fourth-order valence-electron chi connectivity index (χ4n) is 2.34. The third kappa shape index (κ3) is 3.36. The highest BCUT2D eigenvalue weighted by Gasteiger charge is 2.26. The van der Waals surface area contributed by atoms with Crippen molar-refractivity contribution in [2.45, 2.75) is 12.8 Å². The number of hydrogen-bond acceptors (Lipinski definition) is 3. The molecule has 20 heavy (non-hydrogen) atoms. The van der Waals surface area contributed by atoms with Crippen LogP contribution in [0.3, 0.4) is 0 Å². The molecule has 0 aliphatic carbocycles. The molecule has 1 heterocycles. The molecule has 0 spiro atoms. The van der Waals surface area contributed by atoms with E-state index in [0.29, 0.717) is 13.1 Å². The minimum atomic E-state index is -0.524. The fraction of sp³-hybridized carbons (Fsp3) is 0.467. The zero-order valence-corrected chi connectivity index (χ0v) is 12.1. The van der Waals surface area contributed by atoms with Crippen LogP contribution in [0.25, 0.3) is 0 Å². The molecule has 1 aliphatic heterocycles. The SMILES string of the molecule is CN(C)CCNC(=O)C(=O)N1CCCc2ccccc21. The number of nitrogens with one attached hydrogen (secondary N) is 1. The first-order valence-electron chi connectivity index (χ1n) is 6.92. The normalized spacial score (nSPS) is 14.1. The van der Waals surface area contributed by atoms with E-state index in [9.17, 15) is 9.59 Å². The van der Waals surface area contributed by atoms with Gasteiger partial charge in [0.2, 0.25) is 0 Å². The topological polar surface area (TPSA) is 52.7 Å². The summed E-state index contributed by atoms with van der Waals surface area (Å²) in [6.07, 6.45) is 1.86. The number of anilines is 1. The number of para-hydroxylation sites is 1. The van der Waals surface area contributed by atoms with Gasteiger partial charge in [-0.25, -0.2) is 0 Å². The van der Waals surface area contributed by atoms with E-state index in [1.165, 1.54) is 0 Å². The number of rotatable bonds is 3. The number of aryl methyl sites for hydroxylation is 1. The Bertz CT molecular complexity index is 500. The Balaban J connectivity index is 2.01. The van der Waals surface area contributed by atoms with E-state index in [2.05, 4.69) is 5.32 Å². The summed E-state index contributed by atoms with van der Waals surface area (Å²) in [6, 6.07) is 7.77. The summed E-state index contributed by atoms with van der Waals surface area (Å²) in [5, 5.41) is 2.67. The Labute approximate surface area is 119 Å². The van der Waals surface area contributed by atoms with E-state index < -0.39 is 11.8 Å². The fourth-order valence-corrected chi connectivity index (χ4v) is 2.34. The van der Waals surface area contributed by atoms with Crippen LogP contribution in [0.5, 0.6) is 0 Å². The van der Waals surface area contributed by atoms with Gasteiger partial charge < -0.3 is 15.1 Å². The molecule has 0 aromatic heterocycles. The van der Waals surface area contributed by atoms with Crippen LogP contribution in [0.15, 0.2) is 24.3 Å². The van der Waals surface area contributed by atoms with Gasteiger partial charge in [-0.3, -0.25) is 9.59 Å². The monoisotopic (exact) mass is 275 g/mol. The van der Waals surface area contributed by atoms with Crippen LogP contribution >= 0.6 is 0 Å². The van der Waals surface area contributed by atoms with Gasteiger partial charge in [0.25, 0.3) is 0 Å². The number of fused-ring (bicyclic) bond motifs is 1. The Morgan fingerprint density at radius 3 is 2.80 bits per heavy atom. The predicted molar refractivity (Wildman–Crippen MR) is 78.7 cm³/mol. The van der Waals surface area contributed by atoms with Crippen molar-refractivity contribution in [1.29, 1.82) is 0 Å². The molecule has 0 saturated heterocycles. The highest BCUT2D eigenvalue weighted by atomic mass is 16.2. The summed E-state index contributed by atoms with van der Waals surface area (Å²) in [5.74, 6) is -0.987. The summed E-state index contributed by atoms with van der Waals surface area (Å²) in [5.41, 5.74) is 2.00. The van der Waals surface area contributed by atoms with Crippen molar-refractivity contribution in [2.24, 2.45) is 0 Å². The summed E-state index contributed by atoms with van der Waals surface area (Å²) >= 11 is 0. The highest BCUT2D eigenvalue weighted by Crippen LogP contribution is 2.26. The molecule has 1 aromatic carbocycles. The van der Waals surface area contributed by atoms with E-state index in [1.54, 1.807) is 4.90 Å². The molecule has 1 N–H and O–H groups in total. The summed E-state index contributed by atoms with van der Waals surface area (Å²) in [6.45, 7) is 1.81. The van der Waals surface area contributed by atoms with E-state index >= 15 is 0 Å². The summed E-state index contributed by atoms with van der Waals surface area (Å²) < 4.78 is 0. The van der Waals surface area contributed by atoms with E-state index in [-0.39, 0.29) is 0 Å². The van der Waals surface area contributed by atoms with Crippen LogP contribution in [0.2, 0.25) is 0 Å². The highest BCUT2D eigenvalue weighted by molar-refractivity contribution is 6.40. The Hall–Kier alpha value is -1.88. The third-order valence-electron chi connectivity index (χ3n) is 3.39. The van der Waals surface area contributed by atoms with Gasteiger partial charge in [0.05, 0.1) is 0 Å². The van der Waals surface area contributed by atoms with Gasteiger partial charge in [-0.1, -0.05) is 18.2 Å². The molecular weight excluding hydrogens is 254 g/mol. The van der Waals surface area contributed by atoms with Crippen molar-refractivity contribution in [3.63, 3.8) is 0 Å². The molecule has 1 aliphatic rings. The second kappa shape index (κ2) is 6.52. The number of amides is 2. The quantitative estimate of drug-likeness (QED) is 0.824. The largest absolute Gasteiger partial charge is 0.347 e. The zero-order valence-electron chi connectivity index (χ0n) is 12.1. The molecule has 0 saturated carbocycles. The first-order chi connectivity index (χ1) is 9.59. The average molecular weight is 275 g/mol. The Morgan fingerprint density at radius 1 is 1.30 bits per heavy atom. The maximum Gasteiger partial charge on any atom is 0.316 e. The predicted octanol–water partition coefficient (Wildman–Crippen LogP) is 0.644. The van der Waals surface area contributed by atoms with Crippen LogP contribution in [-0.2, 0) is 16.0 Å². The van der Waals surface area contributed by atoms with Crippen molar-refractivity contribution < 1.29 is 9.59 Å². The van der Waals surface area contributed by atoms with E-state index in [1.807, 2.05) is 43.3 Å². The molecule has 5 nitrogen and oxygen atoms in total. The van der Waals surface area contributed by atoms with E-state index in [0.717, 1.165) is 30.6 Å². The molecule has 0 bridgehead atoms. The number of benzene rings is 1. The van der Waals surface area contributed by atoms with Crippen molar-refractivity contribution in [3.8, 4) is 0 Å². The smallest absolute Gasteiger partial charge is 0.316 e. The summed E-state index contributed by atoms with van der Waals surface area (Å²) in [7, 11) is 3.85. The molecule has 1 aromatic rings. The maximum atomic E-state index is 12.2. The van der Waals surface area contributed by atoms with Crippen molar-refractivity contribution in [3.05, 3.63) is 29.8 Å². The molecule has 0 radical (unpaired) electrons. The van der Waals surface area contributed by atoms with Gasteiger partial charge in [0.1, 0.15) is 0 Å². The van der Waals surface area contributed by atoms with Crippen LogP contribution in [0, 0.1) is 0 Å². The van der Waals surface area contributed by atoms with Crippen LogP contribution in [-0.4, -0.2) is 50.4 Å². The Kier molecular flexibility index (Phi) is 4.74. The molecule has 2 rings (SSSR count). The second-order valence-electron chi connectivity index (χ2n) is 5.25. The molecule has 2 amide bonds. The number of carbonyl (C=O) groups is 2. The van der Waals surface area contributed by atoms with Gasteiger partial charge >= 0.3 is 11.8 Å². The molecule has 108 valence electrons.